The average molecular weight is 291 g/mol. The number of aliphatic hydroxyl groups excluding tert-OH is 1. The molecule has 0 aliphatic carbocycles. The molecule has 1 aliphatic heterocycles. The van der Waals surface area contributed by atoms with Crippen molar-refractivity contribution in [2.45, 2.75) is 20.0 Å². The third kappa shape index (κ3) is 4.81. The molecule has 1 atom stereocenters. The number of carbonyl (C=O) groups excluding carboxylic acids is 1. The third-order valence-corrected chi connectivity index (χ3v) is 3.90. The lowest BCUT2D eigenvalue weighted by molar-refractivity contribution is -0.119. The highest BCUT2D eigenvalue weighted by atomic mass is 16.3. The van der Waals surface area contributed by atoms with Crippen LogP contribution in [0.4, 0.5) is 0 Å². The van der Waals surface area contributed by atoms with Crippen LogP contribution in [-0.2, 0) is 4.79 Å². The maximum Gasteiger partial charge on any atom is 0.231 e. The van der Waals surface area contributed by atoms with Gasteiger partial charge in [0.15, 0.2) is 0 Å². The molecule has 0 spiro atoms. The topological polar surface area (TPSA) is 69.8 Å². The van der Waals surface area contributed by atoms with Gasteiger partial charge in [-0.15, -0.1) is 0 Å². The Hall–Kier alpha value is -1.43. The van der Waals surface area contributed by atoms with Gasteiger partial charge in [-0.3, -0.25) is 14.6 Å². The van der Waals surface area contributed by atoms with Crippen molar-refractivity contribution in [3.05, 3.63) is 34.9 Å². The monoisotopic (exact) mass is 291 g/mol. The molecule has 0 radical (unpaired) electrons. The van der Waals surface area contributed by atoms with Gasteiger partial charge in [-0.2, -0.15) is 0 Å². The molecule has 1 saturated heterocycles. The highest BCUT2D eigenvalue weighted by molar-refractivity contribution is 5.75. The van der Waals surface area contributed by atoms with Crippen molar-refractivity contribution >= 4 is 5.91 Å². The summed E-state index contributed by atoms with van der Waals surface area (Å²) in [5, 5.41) is 10.4. The normalized spacial score (nSPS) is 18.6. The van der Waals surface area contributed by atoms with Crippen molar-refractivity contribution < 1.29 is 9.90 Å². The van der Waals surface area contributed by atoms with Crippen LogP contribution in [0.15, 0.2) is 18.2 Å². The van der Waals surface area contributed by atoms with E-state index in [4.69, 9.17) is 5.73 Å². The van der Waals surface area contributed by atoms with Crippen LogP contribution >= 0.6 is 0 Å². The zero-order valence-corrected chi connectivity index (χ0v) is 12.9. The summed E-state index contributed by atoms with van der Waals surface area (Å²) in [6, 6.07) is 6.20. The minimum atomic E-state index is -0.466. The summed E-state index contributed by atoms with van der Waals surface area (Å²) in [7, 11) is 0. The molecule has 1 unspecified atom stereocenters. The van der Waals surface area contributed by atoms with E-state index in [2.05, 4.69) is 15.9 Å². The van der Waals surface area contributed by atoms with Crippen molar-refractivity contribution in [1.82, 2.24) is 9.80 Å². The molecule has 1 amide bonds. The van der Waals surface area contributed by atoms with Gasteiger partial charge in [0.1, 0.15) is 0 Å². The lowest BCUT2D eigenvalue weighted by Gasteiger charge is -2.35. The fourth-order valence-corrected chi connectivity index (χ4v) is 2.90. The molecule has 1 aromatic rings. The fraction of sp³-hybridized carbons (Fsp3) is 0.562. The smallest absolute Gasteiger partial charge is 0.231 e. The molecule has 5 heteroatoms. The summed E-state index contributed by atoms with van der Waals surface area (Å²) in [6.07, 6.45) is -0.466. The number of carbonyl (C=O) groups is 1. The molecule has 0 saturated carbocycles. The number of benzene rings is 1. The number of rotatable bonds is 5. The zero-order valence-electron chi connectivity index (χ0n) is 12.9. The second-order valence-corrected chi connectivity index (χ2v) is 5.98. The first kappa shape index (κ1) is 15.9. The SMILES string of the molecule is Cc1cc(C)cc(C(O)CN2CCN(CC(N)=O)CC2)c1. The van der Waals surface area contributed by atoms with E-state index in [0.717, 1.165) is 31.7 Å². The summed E-state index contributed by atoms with van der Waals surface area (Å²) in [5.74, 6) is -0.279. The van der Waals surface area contributed by atoms with Crippen LogP contribution in [0.2, 0.25) is 0 Å². The minimum absolute atomic E-state index is 0.279. The standard InChI is InChI=1S/C16H25N3O2/c1-12-7-13(2)9-14(8-12)15(20)10-18-3-5-19(6-4-18)11-16(17)21/h7-9,15,20H,3-6,10-11H2,1-2H3,(H2,17,21). The van der Waals surface area contributed by atoms with E-state index in [0.29, 0.717) is 13.1 Å². The Morgan fingerprint density at radius 2 is 1.67 bits per heavy atom. The summed E-state index contributed by atoms with van der Waals surface area (Å²) in [4.78, 5) is 15.2. The van der Waals surface area contributed by atoms with Crippen LogP contribution in [0.3, 0.4) is 0 Å². The quantitative estimate of drug-likeness (QED) is 0.826. The number of amides is 1. The van der Waals surface area contributed by atoms with Gasteiger partial charge in [0, 0.05) is 32.7 Å². The third-order valence-electron chi connectivity index (χ3n) is 3.90. The number of β-amino-alcohol motifs (C(OH)–C–C–N with tert-alkyl or cyclic N) is 1. The highest BCUT2D eigenvalue weighted by Crippen LogP contribution is 2.18. The Bertz CT molecular complexity index is 476. The first-order chi connectivity index (χ1) is 9.94. The maximum atomic E-state index is 10.9. The predicted octanol–water partition coefficient (Wildman–Crippen LogP) is 0.440. The number of nitrogens with two attached hydrogens (primary N) is 1. The fourth-order valence-electron chi connectivity index (χ4n) is 2.90. The van der Waals surface area contributed by atoms with Gasteiger partial charge in [-0.25, -0.2) is 0 Å². The van der Waals surface area contributed by atoms with Crippen LogP contribution in [0.25, 0.3) is 0 Å². The number of hydrogen-bond acceptors (Lipinski definition) is 4. The number of hydrogen-bond donors (Lipinski definition) is 2. The van der Waals surface area contributed by atoms with Gasteiger partial charge in [-0.05, 0) is 19.4 Å². The molecular weight excluding hydrogens is 266 g/mol. The number of aryl methyl sites for hydroxylation is 2. The number of aliphatic hydroxyl groups is 1. The van der Waals surface area contributed by atoms with Gasteiger partial charge < -0.3 is 10.8 Å². The predicted molar refractivity (Wildman–Crippen MR) is 83.0 cm³/mol. The van der Waals surface area contributed by atoms with Gasteiger partial charge in [0.05, 0.1) is 12.6 Å². The summed E-state index contributed by atoms with van der Waals surface area (Å²) >= 11 is 0. The van der Waals surface area contributed by atoms with E-state index in [-0.39, 0.29) is 5.91 Å². The minimum Gasteiger partial charge on any atom is -0.387 e. The van der Waals surface area contributed by atoms with E-state index < -0.39 is 6.10 Å². The lowest BCUT2D eigenvalue weighted by atomic mass is 10.0. The Kier molecular flexibility index (Phi) is 5.33. The molecular formula is C16H25N3O2. The van der Waals surface area contributed by atoms with Gasteiger partial charge in [0.25, 0.3) is 0 Å². The Morgan fingerprint density at radius 1 is 1.14 bits per heavy atom. The van der Waals surface area contributed by atoms with Crippen LogP contribution in [0.5, 0.6) is 0 Å². The van der Waals surface area contributed by atoms with Gasteiger partial charge in [0.2, 0.25) is 5.91 Å². The largest absolute Gasteiger partial charge is 0.387 e. The van der Waals surface area contributed by atoms with E-state index >= 15 is 0 Å². The van der Waals surface area contributed by atoms with E-state index in [1.807, 2.05) is 26.0 Å². The lowest BCUT2D eigenvalue weighted by Crippen LogP contribution is -2.49. The van der Waals surface area contributed by atoms with Crippen molar-refractivity contribution in [1.29, 1.82) is 0 Å². The number of primary amides is 1. The molecule has 2 rings (SSSR count). The van der Waals surface area contributed by atoms with Crippen LogP contribution in [-0.4, -0.2) is 60.1 Å². The maximum absolute atomic E-state index is 10.9. The molecule has 1 aromatic carbocycles. The van der Waals surface area contributed by atoms with Crippen LogP contribution in [0, 0.1) is 13.8 Å². The molecule has 1 fully saturated rings. The van der Waals surface area contributed by atoms with Crippen molar-refractivity contribution in [2.24, 2.45) is 5.73 Å². The van der Waals surface area contributed by atoms with Crippen molar-refractivity contribution in [2.75, 3.05) is 39.3 Å². The first-order valence-electron chi connectivity index (χ1n) is 7.43. The van der Waals surface area contributed by atoms with E-state index in [9.17, 15) is 9.90 Å². The highest BCUT2D eigenvalue weighted by Gasteiger charge is 2.20. The summed E-state index contributed by atoms with van der Waals surface area (Å²) in [6.45, 7) is 8.41. The molecule has 0 bridgehead atoms. The van der Waals surface area contributed by atoms with Crippen molar-refractivity contribution in [3.63, 3.8) is 0 Å². The summed E-state index contributed by atoms with van der Waals surface area (Å²) < 4.78 is 0. The Balaban J connectivity index is 1.86. The molecule has 1 heterocycles. The van der Waals surface area contributed by atoms with Gasteiger partial charge in [-0.1, -0.05) is 29.3 Å². The summed E-state index contributed by atoms with van der Waals surface area (Å²) in [5.41, 5.74) is 8.54. The van der Waals surface area contributed by atoms with Gasteiger partial charge >= 0.3 is 0 Å². The molecule has 21 heavy (non-hydrogen) atoms. The Labute approximate surface area is 126 Å². The first-order valence-corrected chi connectivity index (χ1v) is 7.43. The number of nitrogens with zero attached hydrogens (tertiary/aromatic N) is 2. The molecule has 1 aliphatic rings. The average Bonchev–Trinajstić information content (AvgIpc) is 2.39. The van der Waals surface area contributed by atoms with Crippen molar-refractivity contribution in [3.8, 4) is 0 Å². The molecule has 3 N–H and O–H groups in total. The Morgan fingerprint density at radius 3 is 2.19 bits per heavy atom. The van der Waals surface area contributed by atoms with E-state index in [1.165, 1.54) is 11.1 Å². The second-order valence-electron chi connectivity index (χ2n) is 5.98. The molecule has 116 valence electrons. The second kappa shape index (κ2) is 7.02. The molecule has 0 aromatic heterocycles. The van der Waals surface area contributed by atoms with Crippen LogP contribution < -0.4 is 5.73 Å². The van der Waals surface area contributed by atoms with Crippen LogP contribution in [0.1, 0.15) is 22.8 Å². The van der Waals surface area contributed by atoms with E-state index in [1.54, 1.807) is 0 Å². The molecule has 5 nitrogen and oxygen atoms in total. The zero-order chi connectivity index (χ0) is 15.4. The number of piperazine rings is 1.